The highest BCUT2D eigenvalue weighted by molar-refractivity contribution is 5.94. The van der Waals surface area contributed by atoms with Crippen molar-refractivity contribution in [2.24, 2.45) is 5.92 Å². The first-order valence-corrected chi connectivity index (χ1v) is 9.21. The number of hydrogen-bond acceptors (Lipinski definition) is 4. The van der Waals surface area contributed by atoms with Crippen molar-refractivity contribution >= 4 is 11.6 Å². The average molecular weight is 331 g/mol. The number of nitrogens with zero attached hydrogens (tertiary/aromatic N) is 1. The Hall–Kier alpha value is -1.43. The zero-order valence-corrected chi connectivity index (χ0v) is 14.3. The van der Waals surface area contributed by atoms with Crippen molar-refractivity contribution in [3.63, 3.8) is 0 Å². The Kier molecular flexibility index (Phi) is 6.24. The maximum absolute atomic E-state index is 12.3. The molecule has 5 nitrogen and oxygen atoms in total. The monoisotopic (exact) mass is 331 g/mol. The van der Waals surface area contributed by atoms with Gasteiger partial charge < -0.3 is 15.7 Å². The van der Waals surface area contributed by atoms with Gasteiger partial charge in [0.05, 0.1) is 6.04 Å². The lowest BCUT2D eigenvalue weighted by atomic mass is 9.97. The fourth-order valence-electron chi connectivity index (χ4n) is 3.64. The molecule has 0 aliphatic carbocycles. The van der Waals surface area contributed by atoms with Gasteiger partial charge in [0.1, 0.15) is 0 Å². The van der Waals surface area contributed by atoms with Gasteiger partial charge in [-0.05, 0) is 68.9 Å². The molecular formula is C19H29N3O2. The third kappa shape index (κ3) is 4.79. The summed E-state index contributed by atoms with van der Waals surface area (Å²) in [5.74, 6) is 0.547. The molecule has 0 radical (unpaired) electrons. The minimum absolute atomic E-state index is 0.0556. The van der Waals surface area contributed by atoms with Crippen molar-refractivity contribution < 1.29 is 9.90 Å². The Morgan fingerprint density at radius 2 is 2.08 bits per heavy atom. The van der Waals surface area contributed by atoms with Crippen molar-refractivity contribution in [2.45, 2.75) is 44.7 Å². The minimum atomic E-state index is -0.0556. The Bertz CT molecular complexity index is 535. The van der Waals surface area contributed by atoms with Gasteiger partial charge in [-0.1, -0.05) is 18.6 Å². The van der Waals surface area contributed by atoms with Crippen molar-refractivity contribution in [3.05, 3.63) is 29.8 Å². The third-order valence-corrected chi connectivity index (χ3v) is 5.19. The molecule has 2 heterocycles. The number of hydrogen-bond donors (Lipinski definition) is 3. The smallest absolute Gasteiger partial charge is 0.241 e. The normalized spacial score (nSPS) is 23.1. The summed E-state index contributed by atoms with van der Waals surface area (Å²) in [4.78, 5) is 14.8. The summed E-state index contributed by atoms with van der Waals surface area (Å²) in [5.41, 5.74) is 2.11. The van der Waals surface area contributed by atoms with Crippen LogP contribution >= 0.6 is 0 Å². The highest BCUT2D eigenvalue weighted by atomic mass is 16.3. The zero-order valence-electron chi connectivity index (χ0n) is 14.3. The number of carbonyl (C=O) groups is 1. The first-order chi connectivity index (χ1) is 11.7. The van der Waals surface area contributed by atoms with E-state index in [0.29, 0.717) is 12.5 Å². The second-order valence-corrected chi connectivity index (χ2v) is 7.09. The van der Waals surface area contributed by atoms with Gasteiger partial charge in [0.25, 0.3) is 0 Å². The Balaban J connectivity index is 1.53. The van der Waals surface area contributed by atoms with Crippen LogP contribution in [-0.4, -0.2) is 48.2 Å². The standard InChI is InChI=1S/C19H29N3O2/c23-14-15-7-10-22(11-8-15)13-16-4-3-5-17(12-16)21-19(24)18-6-1-2-9-20-18/h3-5,12,15,18,20,23H,1-2,6-11,13-14H2,(H,21,24). The molecule has 1 aromatic rings. The predicted octanol–water partition coefficient (Wildman–Crippen LogP) is 1.97. The van der Waals surface area contributed by atoms with Crippen LogP contribution in [0.4, 0.5) is 5.69 Å². The minimum Gasteiger partial charge on any atom is -0.396 e. The fourth-order valence-corrected chi connectivity index (χ4v) is 3.64. The molecule has 3 N–H and O–H groups in total. The summed E-state index contributed by atoms with van der Waals surface area (Å²) in [6.45, 7) is 4.22. The van der Waals surface area contributed by atoms with E-state index in [1.165, 1.54) is 5.56 Å². The van der Waals surface area contributed by atoms with Crippen LogP contribution in [-0.2, 0) is 11.3 Å². The summed E-state index contributed by atoms with van der Waals surface area (Å²) in [7, 11) is 0. The van der Waals surface area contributed by atoms with Crippen LogP contribution < -0.4 is 10.6 Å². The molecule has 2 aliphatic rings. The number of likely N-dealkylation sites (tertiary alicyclic amines) is 1. The number of carbonyl (C=O) groups excluding carboxylic acids is 1. The first kappa shape index (κ1) is 17.4. The largest absolute Gasteiger partial charge is 0.396 e. The van der Waals surface area contributed by atoms with Crippen molar-refractivity contribution in [3.8, 4) is 0 Å². The van der Waals surface area contributed by atoms with Gasteiger partial charge >= 0.3 is 0 Å². The molecule has 1 aromatic carbocycles. The third-order valence-electron chi connectivity index (χ3n) is 5.19. The SMILES string of the molecule is O=C(Nc1cccc(CN2CCC(CO)CC2)c1)C1CCCCN1. The molecule has 132 valence electrons. The molecule has 0 aromatic heterocycles. The zero-order chi connectivity index (χ0) is 16.8. The van der Waals surface area contributed by atoms with Gasteiger partial charge in [0, 0.05) is 18.8 Å². The van der Waals surface area contributed by atoms with E-state index >= 15 is 0 Å². The van der Waals surface area contributed by atoms with Gasteiger partial charge in [-0.25, -0.2) is 0 Å². The van der Waals surface area contributed by atoms with Gasteiger partial charge in [-0.3, -0.25) is 9.69 Å². The van der Waals surface area contributed by atoms with E-state index in [1.807, 2.05) is 12.1 Å². The van der Waals surface area contributed by atoms with Crippen LogP contribution in [0.2, 0.25) is 0 Å². The topological polar surface area (TPSA) is 64.6 Å². The number of nitrogens with one attached hydrogen (secondary N) is 2. The maximum atomic E-state index is 12.3. The van der Waals surface area contributed by atoms with Crippen molar-refractivity contribution in [1.82, 2.24) is 10.2 Å². The number of aliphatic hydroxyl groups excluding tert-OH is 1. The molecule has 5 heteroatoms. The molecule has 1 amide bonds. The van der Waals surface area contributed by atoms with Crippen LogP contribution in [0.25, 0.3) is 0 Å². The van der Waals surface area contributed by atoms with Crippen LogP contribution in [0.1, 0.15) is 37.7 Å². The highest BCUT2D eigenvalue weighted by Crippen LogP contribution is 2.20. The molecule has 3 rings (SSSR count). The number of benzene rings is 1. The highest BCUT2D eigenvalue weighted by Gasteiger charge is 2.21. The van der Waals surface area contributed by atoms with Gasteiger partial charge in [0.15, 0.2) is 0 Å². The van der Waals surface area contributed by atoms with E-state index in [2.05, 4.69) is 27.7 Å². The number of anilines is 1. The van der Waals surface area contributed by atoms with E-state index in [1.54, 1.807) is 0 Å². The molecule has 24 heavy (non-hydrogen) atoms. The summed E-state index contributed by atoms with van der Waals surface area (Å²) < 4.78 is 0. The van der Waals surface area contributed by atoms with Gasteiger partial charge in [0.2, 0.25) is 5.91 Å². The molecule has 1 atom stereocenters. The molecule has 2 saturated heterocycles. The predicted molar refractivity (Wildman–Crippen MR) is 95.8 cm³/mol. The number of amides is 1. The van der Waals surface area contributed by atoms with E-state index < -0.39 is 0 Å². The summed E-state index contributed by atoms with van der Waals surface area (Å²) >= 11 is 0. The molecular weight excluding hydrogens is 302 g/mol. The quantitative estimate of drug-likeness (QED) is 0.772. The first-order valence-electron chi connectivity index (χ1n) is 9.21. The van der Waals surface area contributed by atoms with Crippen LogP contribution in [0, 0.1) is 5.92 Å². The van der Waals surface area contributed by atoms with E-state index in [9.17, 15) is 9.90 Å². The number of piperidine rings is 2. The summed E-state index contributed by atoms with van der Waals surface area (Å²) in [5, 5.41) is 15.6. The van der Waals surface area contributed by atoms with E-state index in [0.717, 1.165) is 64.0 Å². The molecule has 0 saturated carbocycles. The summed E-state index contributed by atoms with van der Waals surface area (Å²) in [6.07, 6.45) is 5.34. The van der Waals surface area contributed by atoms with Crippen LogP contribution in [0.3, 0.4) is 0 Å². The second-order valence-electron chi connectivity index (χ2n) is 7.09. The Morgan fingerprint density at radius 1 is 1.25 bits per heavy atom. The van der Waals surface area contributed by atoms with Crippen LogP contribution in [0.15, 0.2) is 24.3 Å². The second kappa shape index (κ2) is 8.60. The lowest BCUT2D eigenvalue weighted by Gasteiger charge is -2.31. The van der Waals surface area contributed by atoms with Crippen LogP contribution in [0.5, 0.6) is 0 Å². The number of aliphatic hydroxyl groups is 1. The number of rotatable bonds is 5. The van der Waals surface area contributed by atoms with Crippen molar-refractivity contribution in [2.75, 3.05) is 31.6 Å². The Morgan fingerprint density at radius 3 is 2.79 bits per heavy atom. The summed E-state index contributed by atoms with van der Waals surface area (Å²) in [6, 6.07) is 8.12. The lowest BCUT2D eigenvalue weighted by Crippen LogP contribution is -2.43. The van der Waals surface area contributed by atoms with E-state index in [4.69, 9.17) is 0 Å². The maximum Gasteiger partial charge on any atom is 0.241 e. The molecule has 1 unspecified atom stereocenters. The average Bonchev–Trinajstić information content (AvgIpc) is 2.63. The molecule has 2 aliphatic heterocycles. The fraction of sp³-hybridized carbons (Fsp3) is 0.632. The van der Waals surface area contributed by atoms with Gasteiger partial charge in [-0.15, -0.1) is 0 Å². The molecule has 0 spiro atoms. The molecule has 0 bridgehead atoms. The van der Waals surface area contributed by atoms with Gasteiger partial charge in [-0.2, -0.15) is 0 Å². The van der Waals surface area contributed by atoms with E-state index in [-0.39, 0.29) is 11.9 Å². The molecule has 2 fully saturated rings. The Labute approximate surface area is 144 Å². The van der Waals surface area contributed by atoms with Crippen molar-refractivity contribution in [1.29, 1.82) is 0 Å². The lowest BCUT2D eigenvalue weighted by molar-refractivity contribution is -0.118.